The van der Waals surface area contributed by atoms with Crippen molar-refractivity contribution in [3.8, 4) is 9.88 Å². The molecule has 0 radical (unpaired) electrons. The Kier molecular flexibility index (Phi) is 3.50. The van der Waals surface area contributed by atoms with Crippen LogP contribution in [0.4, 0.5) is 0 Å². The first-order chi connectivity index (χ1) is 7.20. The molecule has 0 aliphatic heterocycles. The van der Waals surface area contributed by atoms with E-state index in [0.717, 1.165) is 18.7 Å². The molecule has 0 saturated heterocycles. The van der Waals surface area contributed by atoms with E-state index < -0.39 is 0 Å². The molecule has 1 unspecified atom stereocenters. The number of halogens is 1. The van der Waals surface area contributed by atoms with Crippen LogP contribution in [-0.2, 0) is 0 Å². The van der Waals surface area contributed by atoms with Gasteiger partial charge in [-0.25, -0.2) is 0 Å². The average molecular weight is 304 g/mol. The van der Waals surface area contributed by atoms with E-state index in [9.17, 15) is 0 Å². The number of aromatic nitrogens is 2. The second-order valence-corrected chi connectivity index (χ2v) is 6.53. The van der Waals surface area contributed by atoms with E-state index in [2.05, 4.69) is 44.4 Å². The summed E-state index contributed by atoms with van der Waals surface area (Å²) in [5, 5.41) is 13.5. The number of nitrogens with zero attached hydrogens (tertiary/aromatic N) is 2. The Bertz CT molecular complexity index is 452. The molecular weight excluding hydrogens is 294 g/mol. The van der Waals surface area contributed by atoms with Crippen LogP contribution >= 0.6 is 38.6 Å². The molecule has 0 spiro atoms. The van der Waals surface area contributed by atoms with E-state index >= 15 is 0 Å². The van der Waals surface area contributed by atoms with Crippen LogP contribution < -0.4 is 5.32 Å². The third-order valence-corrected chi connectivity index (χ3v) is 4.93. The van der Waals surface area contributed by atoms with Crippen molar-refractivity contribution in [3.63, 3.8) is 0 Å². The highest BCUT2D eigenvalue weighted by atomic mass is 79.9. The lowest BCUT2D eigenvalue weighted by atomic mass is 10.4. The Labute approximate surface area is 105 Å². The van der Waals surface area contributed by atoms with Gasteiger partial charge in [-0.1, -0.05) is 11.3 Å². The lowest BCUT2D eigenvalue weighted by Gasteiger charge is -2.02. The maximum atomic E-state index is 4.19. The maximum Gasteiger partial charge on any atom is 0.157 e. The number of rotatable bonds is 3. The van der Waals surface area contributed by atoms with Crippen molar-refractivity contribution in [2.24, 2.45) is 0 Å². The largest absolute Gasteiger partial charge is 0.311 e. The highest BCUT2D eigenvalue weighted by Gasteiger charge is 2.12. The van der Waals surface area contributed by atoms with E-state index in [1.165, 1.54) is 0 Å². The smallest absolute Gasteiger partial charge is 0.157 e. The molecule has 80 valence electrons. The Morgan fingerprint density at radius 2 is 2.13 bits per heavy atom. The molecule has 0 amide bonds. The van der Waals surface area contributed by atoms with E-state index in [1.807, 2.05) is 13.1 Å². The van der Waals surface area contributed by atoms with Gasteiger partial charge in [-0.3, -0.25) is 0 Å². The Balaban J connectivity index is 2.27. The fraction of sp³-hybridized carbons (Fsp3) is 0.333. The third kappa shape index (κ3) is 2.44. The zero-order valence-corrected chi connectivity index (χ0v) is 11.5. The Hall–Kier alpha value is -0.300. The van der Waals surface area contributed by atoms with E-state index in [-0.39, 0.29) is 6.04 Å². The Morgan fingerprint density at radius 1 is 1.33 bits per heavy atom. The highest BCUT2D eigenvalue weighted by Crippen LogP contribution is 2.33. The zero-order valence-electron chi connectivity index (χ0n) is 8.32. The van der Waals surface area contributed by atoms with Crippen LogP contribution in [0.1, 0.15) is 18.0 Å². The number of nitrogens with one attached hydrogen (secondary N) is 1. The molecule has 15 heavy (non-hydrogen) atoms. The van der Waals surface area contributed by atoms with Gasteiger partial charge in [0.25, 0.3) is 0 Å². The van der Waals surface area contributed by atoms with Gasteiger partial charge in [0.15, 0.2) is 5.01 Å². The summed E-state index contributed by atoms with van der Waals surface area (Å²) in [5.41, 5.74) is 0. The van der Waals surface area contributed by atoms with E-state index in [0.29, 0.717) is 0 Å². The predicted molar refractivity (Wildman–Crippen MR) is 68.4 cm³/mol. The molecule has 0 aliphatic carbocycles. The summed E-state index contributed by atoms with van der Waals surface area (Å²) >= 11 is 6.76. The topological polar surface area (TPSA) is 37.8 Å². The fourth-order valence-electron chi connectivity index (χ4n) is 1.06. The Morgan fingerprint density at radius 3 is 2.73 bits per heavy atom. The fourth-order valence-corrected chi connectivity index (χ4v) is 3.40. The zero-order chi connectivity index (χ0) is 10.8. The lowest BCUT2D eigenvalue weighted by Crippen LogP contribution is -2.11. The van der Waals surface area contributed by atoms with Crippen LogP contribution in [0.15, 0.2) is 15.9 Å². The first kappa shape index (κ1) is 11.2. The summed E-state index contributed by atoms with van der Waals surface area (Å²) in [5.74, 6) is 0. The molecule has 2 rings (SSSR count). The van der Waals surface area contributed by atoms with Crippen molar-refractivity contribution in [1.29, 1.82) is 0 Å². The van der Waals surface area contributed by atoms with Gasteiger partial charge in [-0.2, -0.15) is 0 Å². The molecule has 0 aliphatic rings. The van der Waals surface area contributed by atoms with E-state index in [1.54, 1.807) is 22.7 Å². The minimum atomic E-state index is 0.264. The summed E-state index contributed by atoms with van der Waals surface area (Å²) in [6, 6.07) is 4.35. The van der Waals surface area contributed by atoms with Crippen LogP contribution in [0.25, 0.3) is 9.88 Å². The highest BCUT2D eigenvalue weighted by molar-refractivity contribution is 9.11. The SMILES string of the molecule is CNC(C)c1nnc(-c2ccc(Br)s2)s1. The molecule has 6 heteroatoms. The maximum absolute atomic E-state index is 4.19. The van der Waals surface area contributed by atoms with E-state index in [4.69, 9.17) is 0 Å². The van der Waals surface area contributed by atoms with Gasteiger partial charge in [0.05, 0.1) is 14.7 Å². The molecule has 2 heterocycles. The van der Waals surface area contributed by atoms with Crippen LogP contribution in [0.3, 0.4) is 0 Å². The second-order valence-electron chi connectivity index (χ2n) is 3.06. The normalized spacial score (nSPS) is 13.0. The first-order valence-corrected chi connectivity index (χ1v) is 6.89. The molecule has 2 aromatic rings. The van der Waals surface area contributed by atoms with Crippen molar-refractivity contribution in [3.05, 3.63) is 20.9 Å². The van der Waals surface area contributed by atoms with Crippen LogP contribution in [0.2, 0.25) is 0 Å². The van der Waals surface area contributed by atoms with Crippen LogP contribution in [-0.4, -0.2) is 17.2 Å². The summed E-state index contributed by atoms with van der Waals surface area (Å²) in [6.45, 7) is 2.08. The van der Waals surface area contributed by atoms with Gasteiger partial charge in [0.1, 0.15) is 5.01 Å². The summed E-state index contributed by atoms with van der Waals surface area (Å²) < 4.78 is 1.12. The molecule has 2 aromatic heterocycles. The van der Waals surface area contributed by atoms with Gasteiger partial charge in [0, 0.05) is 0 Å². The molecule has 3 nitrogen and oxygen atoms in total. The van der Waals surface area contributed by atoms with Gasteiger partial charge >= 0.3 is 0 Å². The molecular formula is C9H10BrN3S2. The average Bonchev–Trinajstić information content (AvgIpc) is 2.84. The quantitative estimate of drug-likeness (QED) is 0.945. The summed E-state index contributed by atoms with van der Waals surface area (Å²) in [6.07, 6.45) is 0. The standard InChI is InChI=1S/C9H10BrN3S2/c1-5(11-2)8-12-13-9(15-8)6-3-4-7(10)14-6/h3-5,11H,1-2H3. The van der Waals surface area contributed by atoms with Crippen molar-refractivity contribution in [1.82, 2.24) is 15.5 Å². The molecule has 0 aromatic carbocycles. The van der Waals surface area contributed by atoms with Gasteiger partial charge in [-0.15, -0.1) is 21.5 Å². The molecule has 0 fully saturated rings. The molecule has 0 saturated carbocycles. The van der Waals surface area contributed by atoms with Gasteiger partial charge < -0.3 is 5.32 Å². The third-order valence-electron chi connectivity index (χ3n) is 2.03. The van der Waals surface area contributed by atoms with Gasteiger partial charge in [-0.05, 0) is 42.0 Å². The second kappa shape index (κ2) is 4.69. The van der Waals surface area contributed by atoms with Crippen molar-refractivity contribution in [2.75, 3.05) is 7.05 Å². The molecule has 1 atom stereocenters. The molecule has 0 bridgehead atoms. The van der Waals surface area contributed by atoms with Crippen LogP contribution in [0, 0.1) is 0 Å². The molecule has 1 N–H and O–H groups in total. The predicted octanol–water partition coefficient (Wildman–Crippen LogP) is 3.31. The number of hydrogen-bond donors (Lipinski definition) is 1. The van der Waals surface area contributed by atoms with Crippen molar-refractivity contribution < 1.29 is 0 Å². The number of thiophene rings is 1. The minimum absolute atomic E-state index is 0.264. The first-order valence-electron chi connectivity index (χ1n) is 4.47. The van der Waals surface area contributed by atoms with Crippen molar-refractivity contribution in [2.45, 2.75) is 13.0 Å². The van der Waals surface area contributed by atoms with Crippen LogP contribution in [0.5, 0.6) is 0 Å². The monoisotopic (exact) mass is 303 g/mol. The van der Waals surface area contributed by atoms with Gasteiger partial charge in [0.2, 0.25) is 0 Å². The summed E-state index contributed by atoms with van der Waals surface area (Å²) in [4.78, 5) is 1.16. The minimum Gasteiger partial charge on any atom is -0.311 e. The summed E-state index contributed by atoms with van der Waals surface area (Å²) in [7, 11) is 1.92. The number of hydrogen-bond acceptors (Lipinski definition) is 5. The lowest BCUT2D eigenvalue weighted by molar-refractivity contribution is 0.640. The van der Waals surface area contributed by atoms with Crippen molar-refractivity contribution >= 4 is 38.6 Å².